The van der Waals surface area contributed by atoms with E-state index in [4.69, 9.17) is 4.74 Å². The summed E-state index contributed by atoms with van der Waals surface area (Å²) < 4.78 is 19.3. The standard InChI is InChI=1S/C20H26FNO2/c1-13-5-6-14(12-18(13)21)9-15-10-16-7-8-17(11-15)22(16)19(23)24-20(2,3)4/h5-6,10,12,16-17H,7-9,11H2,1-4H3. The van der Waals surface area contributed by atoms with Crippen LogP contribution in [0.15, 0.2) is 29.8 Å². The van der Waals surface area contributed by atoms with Crippen molar-refractivity contribution in [2.45, 2.75) is 71.1 Å². The Kier molecular flexibility index (Phi) is 4.41. The third-order valence-corrected chi connectivity index (χ3v) is 4.74. The van der Waals surface area contributed by atoms with Crippen molar-refractivity contribution in [1.82, 2.24) is 4.90 Å². The quantitative estimate of drug-likeness (QED) is 0.730. The van der Waals surface area contributed by atoms with Gasteiger partial charge in [0, 0.05) is 6.04 Å². The molecule has 0 aromatic heterocycles. The van der Waals surface area contributed by atoms with Gasteiger partial charge in [-0.25, -0.2) is 9.18 Å². The van der Waals surface area contributed by atoms with Gasteiger partial charge in [-0.15, -0.1) is 0 Å². The van der Waals surface area contributed by atoms with E-state index in [-0.39, 0.29) is 24.0 Å². The minimum absolute atomic E-state index is 0.115. The van der Waals surface area contributed by atoms with E-state index < -0.39 is 5.60 Å². The first-order valence-electron chi connectivity index (χ1n) is 8.69. The molecule has 2 unspecified atom stereocenters. The van der Waals surface area contributed by atoms with Crippen molar-refractivity contribution >= 4 is 6.09 Å². The molecule has 3 rings (SSSR count). The number of ether oxygens (including phenoxy) is 1. The number of halogens is 1. The Morgan fingerprint density at radius 2 is 2.08 bits per heavy atom. The van der Waals surface area contributed by atoms with Crippen LogP contribution in [0.1, 0.15) is 51.2 Å². The smallest absolute Gasteiger partial charge is 0.411 e. The number of benzene rings is 1. The molecule has 2 bridgehead atoms. The van der Waals surface area contributed by atoms with Crippen LogP contribution in [0.2, 0.25) is 0 Å². The lowest BCUT2D eigenvalue weighted by atomic mass is 9.95. The van der Waals surface area contributed by atoms with Gasteiger partial charge in [-0.05, 0) is 70.6 Å². The summed E-state index contributed by atoms with van der Waals surface area (Å²) in [5.41, 5.74) is 2.49. The second-order valence-electron chi connectivity index (χ2n) is 7.98. The first-order chi connectivity index (χ1) is 11.2. The van der Waals surface area contributed by atoms with Crippen LogP contribution in [0.4, 0.5) is 9.18 Å². The molecule has 130 valence electrons. The summed E-state index contributed by atoms with van der Waals surface area (Å²) in [4.78, 5) is 14.3. The van der Waals surface area contributed by atoms with Gasteiger partial charge in [-0.1, -0.05) is 23.8 Å². The first-order valence-corrected chi connectivity index (χ1v) is 8.69. The van der Waals surface area contributed by atoms with Crippen LogP contribution in [0.3, 0.4) is 0 Å². The summed E-state index contributed by atoms with van der Waals surface area (Å²) in [5.74, 6) is -0.151. The van der Waals surface area contributed by atoms with Gasteiger partial charge >= 0.3 is 6.09 Å². The predicted octanol–water partition coefficient (Wildman–Crippen LogP) is 4.77. The Balaban J connectivity index is 1.72. The number of carbonyl (C=O) groups excluding carboxylic acids is 1. The van der Waals surface area contributed by atoms with E-state index in [1.807, 2.05) is 37.8 Å². The van der Waals surface area contributed by atoms with E-state index in [2.05, 4.69) is 6.08 Å². The van der Waals surface area contributed by atoms with E-state index >= 15 is 0 Å². The second-order valence-corrected chi connectivity index (χ2v) is 7.98. The van der Waals surface area contributed by atoms with Crippen LogP contribution in [0.25, 0.3) is 0 Å². The van der Waals surface area contributed by atoms with Gasteiger partial charge in [-0.3, -0.25) is 4.90 Å². The number of nitrogens with zero attached hydrogens (tertiary/aromatic N) is 1. The molecule has 3 nitrogen and oxygen atoms in total. The highest BCUT2D eigenvalue weighted by atomic mass is 19.1. The summed E-state index contributed by atoms with van der Waals surface area (Å²) in [7, 11) is 0. The maximum absolute atomic E-state index is 13.7. The zero-order chi connectivity index (χ0) is 17.5. The lowest BCUT2D eigenvalue weighted by Gasteiger charge is -2.35. The summed E-state index contributed by atoms with van der Waals surface area (Å²) in [6.07, 6.45) is 5.57. The van der Waals surface area contributed by atoms with Crippen molar-refractivity contribution in [1.29, 1.82) is 0 Å². The summed E-state index contributed by atoms with van der Waals surface area (Å²) in [5, 5.41) is 0. The van der Waals surface area contributed by atoms with E-state index in [0.29, 0.717) is 5.56 Å². The molecule has 0 N–H and O–H groups in total. The first kappa shape index (κ1) is 17.0. The van der Waals surface area contributed by atoms with Crippen LogP contribution >= 0.6 is 0 Å². The topological polar surface area (TPSA) is 29.5 Å². The molecule has 1 aromatic carbocycles. The minimum atomic E-state index is -0.472. The zero-order valence-corrected chi connectivity index (χ0v) is 14.9. The molecule has 0 spiro atoms. The maximum atomic E-state index is 13.7. The molecule has 2 heterocycles. The van der Waals surface area contributed by atoms with Crippen LogP contribution in [-0.2, 0) is 11.2 Å². The predicted molar refractivity (Wildman–Crippen MR) is 92.4 cm³/mol. The third-order valence-electron chi connectivity index (χ3n) is 4.74. The molecule has 1 amide bonds. The molecule has 0 aliphatic carbocycles. The highest BCUT2D eigenvalue weighted by molar-refractivity contribution is 5.70. The van der Waals surface area contributed by atoms with E-state index in [1.54, 1.807) is 13.0 Å². The van der Waals surface area contributed by atoms with Crippen LogP contribution in [0, 0.1) is 12.7 Å². The molecule has 1 fully saturated rings. The third kappa shape index (κ3) is 3.63. The Labute approximate surface area is 143 Å². The van der Waals surface area contributed by atoms with Crippen LogP contribution in [0.5, 0.6) is 0 Å². The van der Waals surface area contributed by atoms with Crippen molar-refractivity contribution < 1.29 is 13.9 Å². The molecule has 2 aliphatic heterocycles. The number of amides is 1. The van der Waals surface area contributed by atoms with Crippen molar-refractivity contribution in [2.24, 2.45) is 0 Å². The van der Waals surface area contributed by atoms with E-state index in [9.17, 15) is 9.18 Å². The Bertz CT molecular complexity index is 675. The van der Waals surface area contributed by atoms with Gasteiger partial charge in [0.15, 0.2) is 0 Å². The fourth-order valence-electron chi connectivity index (χ4n) is 3.66. The molecule has 0 radical (unpaired) electrons. The Hall–Kier alpha value is -1.84. The van der Waals surface area contributed by atoms with Crippen LogP contribution < -0.4 is 0 Å². The largest absolute Gasteiger partial charge is 0.444 e. The fourth-order valence-corrected chi connectivity index (χ4v) is 3.66. The monoisotopic (exact) mass is 331 g/mol. The summed E-state index contributed by atoms with van der Waals surface area (Å²) in [6.45, 7) is 7.45. The molecule has 0 saturated carbocycles. The molecule has 1 saturated heterocycles. The van der Waals surface area contributed by atoms with Gasteiger partial charge in [0.25, 0.3) is 0 Å². The Morgan fingerprint density at radius 1 is 1.33 bits per heavy atom. The molecule has 2 aliphatic rings. The molecule has 2 atom stereocenters. The van der Waals surface area contributed by atoms with Gasteiger partial charge in [0.2, 0.25) is 0 Å². The van der Waals surface area contributed by atoms with Crippen molar-refractivity contribution in [3.63, 3.8) is 0 Å². The van der Waals surface area contributed by atoms with Crippen molar-refractivity contribution in [2.75, 3.05) is 0 Å². The lowest BCUT2D eigenvalue weighted by molar-refractivity contribution is 0.0166. The average molecular weight is 331 g/mol. The number of fused-ring (bicyclic) bond motifs is 2. The van der Waals surface area contributed by atoms with Gasteiger partial charge in [0.05, 0.1) is 6.04 Å². The van der Waals surface area contributed by atoms with E-state index in [1.165, 1.54) is 5.57 Å². The Morgan fingerprint density at radius 3 is 2.71 bits per heavy atom. The molecule has 24 heavy (non-hydrogen) atoms. The molecular weight excluding hydrogens is 305 g/mol. The molecule has 1 aromatic rings. The van der Waals surface area contributed by atoms with Crippen LogP contribution in [-0.4, -0.2) is 28.7 Å². The number of carbonyl (C=O) groups is 1. The number of hydrogen-bond acceptors (Lipinski definition) is 2. The summed E-state index contributed by atoms with van der Waals surface area (Å²) >= 11 is 0. The minimum Gasteiger partial charge on any atom is -0.444 e. The SMILES string of the molecule is Cc1ccc(CC2=CC3CCC(C2)N3C(=O)OC(C)(C)C)cc1F. The fraction of sp³-hybridized carbons (Fsp3) is 0.550. The van der Waals surface area contributed by atoms with Gasteiger partial charge < -0.3 is 4.74 Å². The molecular formula is C20H26FNO2. The van der Waals surface area contributed by atoms with Gasteiger partial charge in [-0.2, -0.15) is 0 Å². The second kappa shape index (κ2) is 6.23. The highest BCUT2D eigenvalue weighted by Crippen LogP contribution is 2.37. The maximum Gasteiger partial charge on any atom is 0.411 e. The number of aryl methyl sites for hydroxylation is 1. The summed E-state index contributed by atoms with van der Waals surface area (Å²) in [6, 6.07) is 5.76. The normalized spacial score (nSPS) is 23.2. The molecule has 4 heteroatoms. The lowest BCUT2D eigenvalue weighted by Crippen LogP contribution is -2.45. The van der Waals surface area contributed by atoms with Crippen molar-refractivity contribution in [3.05, 3.63) is 46.8 Å². The van der Waals surface area contributed by atoms with E-state index in [0.717, 1.165) is 31.2 Å². The number of rotatable bonds is 2. The van der Waals surface area contributed by atoms with Crippen molar-refractivity contribution in [3.8, 4) is 0 Å². The number of hydrogen-bond donors (Lipinski definition) is 0. The average Bonchev–Trinajstić information content (AvgIpc) is 2.73. The van der Waals surface area contributed by atoms with Gasteiger partial charge in [0.1, 0.15) is 11.4 Å². The highest BCUT2D eigenvalue weighted by Gasteiger charge is 2.41. The zero-order valence-electron chi connectivity index (χ0n) is 14.9.